The fourth-order valence-electron chi connectivity index (χ4n) is 2.96. The van der Waals surface area contributed by atoms with Gasteiger partial charge in [0, 0.05) is 0 Å². The first-order chi connectivity index (χ1) is 9.20. The molecule has 116 valence electrons. The van der Waals surface area contributed by atoms with E-state index >= 15 is 0 Å². The van der Waals surface area contributed by atoms with Crippen molar-refractivity contribution in [2.24, 2.45) is 11.8 Å². The van der Waals surface area contributed by atoms with Gasteiger partial charge in [0.1, 0.15) is 0 Å². The van der Waals surface area contributed by atoms with Crippen LogP contribution in [-0.2, 0) is 0 Å². The van der Waals surface area contributed by atoms with Gasteiger partial charge in [-0.3, -0.25) is 0 Å². The molecule has 0 bridgehead atoms. The fraction of sp³-hybridized carbons (Fsp3) is 1.00. The molecule has 0 unspecified atom stereocenters. The molecule has 0 nitrogen and oxygen atoms in total. The summed E-state index contributed by atoms with van der Waals surface area (Å²) in [6.45, 7) is 9.33. The zero-order valence-corrected chi connectivity index (χ0v) is 14.3. The largest absolute Gasteiger partial charge is 0.0654 e. The average Bonchev–Trinajstić information content (AvgIpc) is 2.38. The first-order valence-electron chi connectivity index (χ1n) is 9.20. The van der Waals surface area contributed by atoms with Gasteiger partial charge in [0.15, 0.2) is 0 Å². The summed E-state index contributed by atoms with van der Waals surface area (Å²) in [6.07, 6.45) is 18.9. The Morgan fingerprint density at radius 1 is 0.526 bits per heavy atom. The van der Waals surface area contributed by atoms with Crippen molar-refractivity contribution in [1.29, 1.82) is 0 Å². The Morgan fingerprint density at radius 2 is 0.947 bits per heavy atom. The van der Waals surface area contributed by atoms with E-state index in [0.717, 1.165) is 11.8 Å². The molecule has 0 heterocycles. The van der Waals surface area contributed by atoms with E-state index in [1.165, 1.54) is 83.5 Å². The van der Waals surface area contributed by atoms with Crippen LogP contribution >= 0.6 is 0 Å². The summed E-state index contributed by atoms with van der Waals surface area (Å²) in [4.78, 5) is 0. The highest BCUT2D eigenvalue weighted by molar-refractivity contribution is 4.61. The van der Waals surface area contributed by atoms with Crippen molar-refractivity contribution in [3.8, 4) is 0 Å². The van der Waals surface area contributed by atoms with E-state index in [1.54, 1.807) is 0 Å². The van der Waals surface area contributed by atoms with Crippen molar-refractivity contribution in [3.63, 3.8) is 0 Å². The zero-order chi connectivity index (χ0) is 14.3. The van der Waals surface area contributed by atoms with Gasteiger partial charge in [0.05, 0.1) is 0 Å². The summed E-state index contributed by atoms with van der Waals surface area (Å²) in [7, 11) is 0. The minimum Gasteiger partial charge on any atom is -0.0654 e. The second-order valence-corrected chi connectivity index (χ2v) is 6.89. The molecule has 0 aliphatic heterocycles. The van der Waals surface area contributed by atoms with Crippen LogP contribution < -0.4 is 0 Å². The highest BCUT2D eigenvalue weighted by Crippen LogP contribution is 2.23. The number of hydrogen-bond acceptors (Lipinski definition) is 0. The van der Waals surface area contributed by atoms with Crippen LogP contribution in [0.5, 0.6) is 0 Å². The van der Waals surface area contributed by atoms with E-state index in [4.69, 9.17) is 0 Å². The smallest absolute Gasteiger partial charge is 0.0414 e. The van der Waals surface area contributed by atoms with Gasteiger partial charge in [-0.1, -0.05) is 111 Å². The molecule has 19 heavy (non-hydrogen) atoms. The number of rotatable bonds is 14. The van der Waals surface area contributed by atoms with Gasteiger partial charge >= 0.3 is 0 Å². The van der Waals surface area contributed by atoms with Crippen molar-refractivity contribution in [1.82, 2.24) is 0 Å². The molecule has 0 atom stereocenters. The first-order valence-corrected chi connectivity index (χ1v) is 9.20. The van der Waals surface area contributed by atoms with Gasteiger partial charge in [-0.25, -0.2) is 0 Å². The topological polar surface area (TPSA) is 0 Å². The molecule has 0 aromatic heterocycles. The van der Waals surface area contributed by atoms with Crippen LogP contribution in [0.15, 0.2) is 0 Å². The lowest BCUT2D eigenvalue weighted by molar-refractivity contribution is 0.368. The van der Waals surface area contributed by atoms with Gasteiger partial charge in [-0.2, -0.15) is 0 Å². The Balaban J connectivity index is 3.64. The quantitative estimate of drug-likeness (QED) is 0.288. The predicted molar refractivity (Wildman–Crippen MR) is 89.7 cm³/mol. The molecule has 0 aromatic carbocycles. The summed E-state index contributed by atoms with van der Waals surface area (Å²) in [6, 6.07) is 0. The molecule has 0 aliphatic rings. The number of hydrogen-bond donors (Lipinski definition) is 0. The van der Waals surface area contributed by atoms with Gasteiger partial charge in [0.25, 0.3) is 0 Å². The van der Waals surface area contributed by atoms with Gasteiger partial charge in [0.2, 0.25) is 0 Å². The van der Waals surface area contributed by atoms with E-state index in [9.17, 15) is 0 Å². The third kappa shape index (κ3) is 14.2. The van der Waals surface area contributed by atoms with Gasteiger partial charge < -0.3 is 0 Å². The molecule has 0 heteroatoms. The summed E-state index contributed by atoms with van der Waals surface area (Å²) in [5, 5.41) is 0. The van der Waals surface area contributed by atoms with Gasteiger partial charge in [-0.05, 0) is 11.8 Å². The lowest BCUT2D eigenvalue weighted by Crippen LogP contribution is -2.01. The van der Waals surface area contributed by atoms with E-state index in [1.807, 2.05) is 0 Å². The summed E-state index contributed by atoms with van der Waals surface area (Å²) in [5.41, 5.74) is 0. The minimum atomic E-state index is 0.893. The van der Waals surface area contributed by atoms with Crippen LogP contribution in [0.3, 0.4) is 0 Å². The zero-order valence-electron chi connectivity index (χ0n) is 14.3. The first kappa shape index (κ1) is 19.0. The predicted octanol–water partition coefficient (Wildman–Crippen LogP) is 7.37. The maximum absolute atomic E-state index is 2.35. The van der Waals surface area contributed by atoms with Crippen molar-refractivity contribution in [2.75, 3.05) is 0 Å². The molecule has 0 fully saturated rings. The Kier molecular flexibility index (Phi) is 14.4. The molecule has 0 saturated heterocycles. The van der Waals surface area contributed by atoms with Crippen LogP contribution in [0.25, 0.3) is 0 Å². The summed E-state index contributed by atoms with van der Waals surface area (Å²) < 4.78 is 0. The molecule has 0 rings (SSSR count). The highest BCUT2D eigenvalue weighted by atomic mass is 14.1. The Morgan fingerprint density at radius 3 is 1.37 bits per heavy atom. The normalized spacial score (nSPS) is 11.7. The molecular weight excluding hydrogens is 228 g/mol. The lowest BCUT2D eigenvalue weighted by Gasteiger charge is -2.16. The van der Waals surface area contributed by atoms with Crippen molar-refractivity contribution < 1.29 is 0 Å². The van der Waals surface area contributed by atoms with E-state index in [0.29, 0.717) is 0 Å². The Labute approximate surface area is 123 Å². The van der Waals surface area contributed by atoms with Crippen molar-refractivity contribution in [3.05, 3.63) is 0 Å². The minimum absolute atomic E-state index is 0.893. The molecule has 0 aliphatic carbocycles. The number of unbranched alkanes of at least 4 members (excludes halogenated alkanes) is 6. The summed E-state index contributed by atoms with van der Waals surface area (Å²) in [5.74, 6) is 1.93. The van der Waals surface area contributed by atoms with Crippen LogP contribution in [-0.4, -0.2) is 0 Å². The maximum atomic E-state index is 2.35. The molecule has 0 amide bonds. The van der Waals surface area contributed by atoms with Crippen LogP contribution in [0.4, 0.5) is 0 Å². The summed E-state index contributed by atoms with van der Waals surface area (Å²) >= 11 is 0. The maximum Gasteiger partial charge on any atom is -0.0414 e. The second-order valence-electron chi connectivity index (χ2n) is 6.89. The highest BCUT2D eigenvalue weighted by Gasteiger charge is 2.08. The van der Waals surface area contributed by atoms with Crippen molar-refractivity contribution in [2.45, 2.75) is 111 Å². The molecular formula is C19H40. The van der Waals surface area contributed by atoms with Crippen molar-refractivity contribution >= 4 is 0 Å². The Bertz CT molecular complexity index is 149. The van der Waals surface area contributed by atoms with Crippen LogP contribution in [0.1, 0.15) is 111 Å². The standard InChI is InChI=1S/C19H40/c1-5-7-10-15-19(16-11-8-6-2)17-13-9-12-14-18(3)4/h18-19H,5-17H2,1-4H3. The third-order valence-corrected chi connectivity index (χ3v) is 4.33. The van der Waals surface area contributed by atoms with Crippen LogP contribution in [0, 0.1) is 11.8 Å². The van der Waals surface area contributed by atoms with E-state index in [2.05, 4.69) is 27.7 Å². The molecule has 0 N–H and O–H groups in total. The SMILES string of the molecule is CCCCCC(CCCCC)CCCCCC(C)C. The third-order valence-electron chi connectivity index (χ3n) is 4.33. The lowest BCUT2D eigenvalue weighted by atomic mass is 9.90. The molecule has 0 saturated carbocycles. The monoisotopic (exact) mass is 268 g/mol. The average molecular weight is 269 g/mol. The molecule has 0 aromatic rings. The molecule has 0 spiro atoms. The van der Waals surface area contributed by atoms with Gasteiger partial charge in [-0.15, -0.1) is 0 Å². The Hall–Kier alpha value is 0. The van der Waals surface area contributed by atoms with Crippen LogP contribution in [0.2, 0.25) is 0 Å². The fourth-order valence-corrected chi connectivity index (χ4v) is 2.96. The van der Waals surface area contributed by atoms with E-state index in [-0.39, 0.29) is 0 Å². The van der Waals surface area contributed by atoms with E-state index < -0.39 is 0 Å². The molecule has 0 radical (unpaired) electrons. The second kappa shape index (κ2) is 14.4.